The normalized spacial score (nSPS) is 11.6. The molecule has 0 radical (unpaired) electrons. The number of sulfonamides is 1. The van der Waals surface area contributed by atoms with Gasteiger partial charge in [0, 0.05) is 12.1 Å². The van der Waals surface area contributed by atoms with Gasteiger partial charge in [0.15, 0.2) is 0 Å². The van der Waals surface area contributed by atoms with Gasteiger partial charge in [0.05, 0.1) is 11.9 Å². The van der Waals surface area contributed by atoms with Gasteiger partial charge in [-0.3, -0.25) is 10.6 Å². The topological polar surface area (TPSA) is 102 Å². The van der Waals surface area contributed by atoms with E-state index in [1.165, 1.54) is 6.07 Å². The van der Waals surface area contributed by atoms with Crippen LogP contribution in [0.1, 0.15) is 19.9 Å². The van der Waals surface area contributed by atoms with Gasteiger partial charge < -0.3 is 5.43 Å². The Hall–Kier alpha value is -2.06. The van der Waals surface area contributed by atoms with Crippen LogP contribution in [0.3, 0.4) is 0 Å². The van der Waals surface area contributed by atoms with Crippen LogP contribution >= 0.6 is 0 Å². The van der Waals surface area contributed by atoms with Gasteiger partial charge in [-0.1, -0.05) is 12.1 Å². The van der Waals surface area contributed by atoms with Crippen molar-refractivity contribution in [2.45, 2.75) is 24.8 Å². The second kappa shape index (κ2) is 5.51. The van der Waals surface area contributed by atoms with Gasteiger partial charge in [-0.05, 0) is 26.0 Å². The second-order valence-corrected chi connectivity index (χ2v) is 6.15. The molecule has 0 aliphatic heterocycles. The van der Waals surface area contributed by atoms with Crippen molar-refractivity contribution in [3.63, 3.8) is 0 Å². The fourth-order valence-electron chi connectivity index (χ4n) is 1.82. The average Bonchev–Trinajstić information content (AvgIpc) is 2.86. The van der Waals surface area contributed by atoms with Crippen molar-refractivity contribution in [1.29, 1.82) is 0 Å². The number of anilines is 2. The Morgan fingerprint density at radius 3 is 2.60 bits per heavy atom. The molecule has 7 nitrogen and oxygen atoms in total. The minimum absolute atomic E-state index is 0.0468. The van der Waals surface area contributed by atoms with Crippen LogP contribution in [0.4, 0.5) is 11.5 Å². The summed E-state index contributed by atoms with van der Waals surface area (Å²) in [5, 5.41) is 4.09. The molecule has 1 aromatic heterocycles. The maximum absolute atomic E-state index is 12.4. The second-order valence-electron chi connectivity index (χ2n) is 4.50. The number of rotatable bonds is 5. The molecule has 0 aliphatic rings. The van der Waals surface area contributed by atoms with Gasteiger partial charge in [-0.15, -0.1) is 0 Å². The van der Waals surface area contributed by atoms with E-state index in [0.29, 0.717) is 11.5 Å². The Morgan fingerprint density at radius 1 is 1.25 bits per heavy atom. The van der Waals surface area contributed by atoms with Crippen LogP contribution in [0.5, 0.6) is 0 Å². The lowest BCUT2D eigenvalue weighted by atomic mass is 10.3. The van der Waals surface area contributed by atoms with Gasteiger partial charge in [-0.25, -0.2) is 13.1 Å². The number of nitrogen functional groups attached to an aromatic ring is 1. The highest BCUT2D eigenvalue weighted by Crippen LogP contribution is 2.23. The zero-order valence-corrected chi connectivity index (χ0v) is 12.1. The van der Waals surface area contributed by atoms with Crippen LogP contribution in [0.2, 0.25) is 0 Å². The van der Waals surface area contributed by atoms with Crippen molar-refractivity contribution in [3.8, 4) is 0 Å². The third-order valence-electron chi connectivity index (χ3n) is 2.73. The lowest BCUT2D eigenvalue weighted by molar-refractivity contribution is 0.539. The van der Waals surface area contributed by atoms with Crippen LogP contribution in [0.25, 0.3) is 0 Å². The average molecular weight is 295 g/mol. The zero-order chi connectivity index (χ0) is 14.8. The van der Waals surface area contributed by atoms with Gasteiger partial charge in [-0.2, -0.15) is 5.10 Å². The third kappa shape index (κ3) is 2.75. The predicted octanol–water partition coefficient (Wildman–Crippen LogP) is 1.55. The lowest BCUT2D eigenvalue weighted by Gasteiger charge is -2.14. The number of nitrogens with two attached hydrogens (primary N) is 1. The molecule has 2 rings (SSSR count). The summed E-state index contributed by atoms with van der Waals surface area (Å²) in [6.45, 7) is 3.83. The number of aromatic nitrogens is 2. The quantitative estimate of drug-likeness (QED) is 0.574. The minimum Gasteiger partial charge on any atom is -0.323 e. The van der Waals surface area contributed by atoms with Crippen molar-refractivity contribution in [1.82, 2.24) is 9.78 Å². The molecule has 108 valence electrons. The molecule has 0 aliphatic carbocycles. The van der Waals surface area contributed by atoms with Gasteiger partial charge >= 0.3 is 0 Å². The lowest BCUT2D eigenvalue weighted by Crippen LogP contribution is -2.19. The summed E-state index contributed by atoms with van der Waals surface area (Å²) < 4.78 is 28.9. The van der Waals surface area contributed by atoms with Gasteiger partial charge in [0.1, 0.15) is 10.7 Å². The number of hydrogen-bond acceptors (Lipinski definition) is 5. The number of nitrogens with one attached hydrogen (secondary N) is 2. The van der Waals surface area contributed by atoms with E-state index >= 15 is 0 Å². The van der Waals surface area contributed by atoms with E-state index in [4.69, 9.17) is 5.84 Å². The minimum atomic E-state index is -3.74. The van der Waals surface area contributed by atoms with Crippen molar-refractivity contribution < 1.29 is 8.42 Å². The van der Waals surface area contributed by atoms with E-state index < -0.39 is 10.0 Å². The van der Waals surface area contributed by atoms with Crippen molar-refractivity contribution in [2.75, 3.05) is 10.1 Å². The SMILES string of the molecule is CC(C)n1nccc1NS(=O)(=O)c1ccccc1NN. The first-order valence-electron chi connectivity index (χ1n) is 6.07. The van der Waals surface area contributed by atoms with Gasteiger partial charge in [0.2, 0.25) is 0 Å². The molecule has 0 atom stereocenters. The summed E-state index contributed by atoms with van der Waals surface area (Å²) in [4.78, 5) is 0.0824. The summed E-state index contributed by atoms with van der Waals surface area (Å²) >= 11 is 0. The number of hydrogen-bond donors (Lipinski definition) is 3. The molecule has 8 heteroatoms. The van der Waals surface area contributed by atoms with Crippen LogP contribution in [-0.4, -0.2) is 18.2 Å². The largest absolute Gasteiger partial charge is 0.323 e. The summed E-state index contributed by atoms with van der Waals surface area (Å²) in [7, 11) is -3.74. The Balaban J connectivity index is 2.39. The van der Waals surface area contributed by atoms with E-state index in [-0.39, 0.29) is 10.9 Å². The van der Waals surface area contributed by atoms with E-state index in [0.717, 1.165) is 0 Å². The van der Waals surface area contributed by atoms with Crippen LogP contribution < -0.4 is 16.0 Å². The molecule has 4 N–H and O–H groups in total. The van der Waals surface area contributed by atoms with Crippen LogP contribution in [0.15, 0.2) is 41.4 Å². The third-order valence-corrected chi connectivity index (χ3v) is 4.14. The number of nitrogens with zero attached hydrogens (tertiary/aromatic N) is 2. The maximum atomic E-state index is 12.4. The first-order valence-corrected chi connectivity index (χ1v) is 7.56. The van der Waals surface area contributed by atoms with Gasteiger partial charge in [0.25, 0.3) is 10.0 Å². The summed E-state index contributed by atoms with van der Waals surface area (Å²) in [6.07, 6.45) is 1.55. The molecule has 0 spiro atoms. The molecule has 1 aromatic carbocycles. The highest BCUT2D eigenvalue weighted by atomic mass is 32.2. The molecule has 0 unspecified atom stereocenters. The first-order chi connectivity index (χ1) is 9.45. The van der Waals surface area contributed by atoms with E-state index in [9.17, 15) is 8.42 Å². The van der Waals surface area contributed by atoms with E-state index in [2.05, 4.69) is 15.2 Å². The Labute approximate surface area is 117 Å². The molecular formula is C12H17N5O2S. The molecule has 2 aromatic rings. The van der Waals surface area contributed by atoms with Crippen LogP contribution in [0, 0.1) is 0 Å². The Bertz CT molecular complexity index is 693. The molecule has 0 bridgehead atoms. The molecular weight excluding hydrogens is 278 g/mol. The highest BCUT2D eigenvalue weighted by Gasteiger charge is 2.20. The van der Waals surface area contributed by atoms with E-state index in [1.54, 1.807) is 35.1 Å². The predicted molar refractivity (Wildman–Crippen MR) is 77.7 cm³/mol. The fraction of sp³-hybridized carbons (Fsp3) is 0.250. The van der Waals surface area contributed by atoms with Crippen molar-refractivity contribution >= 4 is 21.5 Å². The van der Waals surface area contributed by atoms with Crippen molar-refractivity contribution in [3.05, 3.63) is 36.5 Å². The molecule has 20 heavy (non-hydrogen) atoms. The summed E-state index contributed by atoms with van der Waals surface area (Å²) in [6, 6.07) is 8.06. The number of para-hydroxylation sites is 1. The van der Waals surface area contributed by atoms with E-state index in [1.807, 2.05) is 13.8 Å². The molecule has 0 saturated heterocycles. The summed E-state index contributed by atoms with van der Waals surface area (Å²) in [5.74, 6) is 5.75. The summed E-state index contributed by atoms with van der Waals surface area (Å²) in [5.41, 5.74) is 2.71. The highest BCUT2D eigenvalue weighted by molar-refractivity contribution is 7.92. The van der Waals surface area contributed by atoms with Crippen molar-refractivity contribution in [2.24, 2.45) is 5.84 Å². The standard InChI is InChI=1S/C12H17N5O2S/c1-9(2)17-12(7-8-14-17)16-20(18,19)11-6-4-3-5-10(11)15-13/h3-9,15-16H,13H2,1-2H3. The molecule has 1 heterocycles. The molecule has 0 fully saturated rings. The number of benzene rings is 1. The number of hydrazine groups is 1. The van der Waals surface area contributed by atoms with Crippen LogP contribution in [-0.2, 0) is 10.0 Å². The monoisotopic (exact) mass is 295 g/mol. The zero-order valence-electron chi connectivity index (χ0n) is 11.2. The Morgan fingerprint density at radius 2 is 1.95 bits per heavy atom. The first kappa shape index (κ1) is 14.4. The molecule has 0 amide bonds. The fourth-order valence-corrected chi connectivity index (χ4v) is 3.04. The smallest absolute Gasteiger partial charge is 0.265 e. The Kier molecular flexibility index (Phi) is 3.96. The molecule has 0 saturated carbocycles. The maximum Gasteiger partial charge on any atom is 0.265 e.